The third-order valence-corrected chi connectivity index (χ3v) is 5.88. The number of rotatable bonds is 10. The minimum atomic E-state index is -0.0423. The highest BCUT2D eigenvalue weighted by atomic mass is 16.5. The highest BCUT2D eigenvalue weighted by molar-refractivity contribution is 5.94. The molecule has 1 aliphatic heterocycles. The summed E-state index contributed by atoms with van der Waals surface area (Å²) in [6, 6.07) is 18.5. The summed E-state index contributed by atoms with van der Waals surface area (Å²) < 4.78 is 6.40. The van der Waals surface area contributed by atoms with Crippen LogP contribution in [0.5, 0.6) is 5.75 Å². The number of carbonyl (C=O) groups is 1. The van der Waals surface area contributed by atoms with Crippen molar-refractivity contribution in [2.75, 3.05) is 51.7 Å². The van der Waals surface area contributed by atoms with E-state index in [-0.39, 0.29) is 18.1 Å². The molecule has 0 aromatic heterocycles. The van der Waals surface area contributed by atoms with Gasteiger partial charge in [0.25, 0.3) is 0 Å². The van der Waals surface area contributed by atoms with Crippen molar-refractivity contribution in [2.24, 2.45) is 0 Å². The summed E-state index contributed by atoms with van der Waals surface area (Å²) >= 11 is 0. The van der Waals surface area contributed by atoms with E-state index in [9.17, 15) is 4.79 Å². The predicted molar refractivity (Wildman–Crippen MR) is 127 cm³/mol. The second-order valence-electron chi connectivity index (χ2n) is 8.10. The lowest BCUT2D eigenvalue weighted by Gasteiger charge is -2.24. The van der Waals surface area contributed by atoms with E-state index in [0.29, 0.717) is 13.0 Å². The van der Waals surface area contributed by atoms with Crippen LogP contribution in [0.3, 0.4) is 0 Å². The van der Waals surface area contributed by atoms with Crippen LogP contribution in [0.25, 0.3) is 0 Å². The van der Waals surface area contributed by atoms with Gasteiger partial charge in [-0.25, -0.2) is 0 Å². The smallest absolute Gasteiger partial charge is 0.228 e. The lowest BCUT2D eigenvalue weighted by molar-refractivity contribution is -0.119. The number of benzene rings is 2. The number of nitrogens with one attached hydrogen (secondary N) is 2. The Labute approximate surface area is 186 Å². The summed E-state index contributed by atoms with van der Waals surface area (Å²) in [4.78, 5) is 17.2. The van der Waals surface area contributed by atoms with Crippen molar-refractivity contribution in [3.8, 4) is 5.75 Å². The van der Waals surface area contributed by atoms with Crippen LogP contribution in [0.1, 0.15) is 31.4 Å². The quantitative estimate of drug-likeness (QED) is 0.614. The molecular weight excluding hydrogens is 388 g/mol. The van der Waals surface area contributed by atoms with E-state index in [1.165, 1.54) is 0 Å². The highest BCUT2D eigenvalue weighted by Crippen LogP contribution is 2.29. The van der Waals surface area contributed by atoms with Gasteiger partial charge in [-0.15, -0.1) is 0 Å². The van der Waals surface area contributed by atoms with Crippen molar-refractivity contribution in [3.63, 3.8) is 0 Å². The van der Waals surface area contributed by atoms with Crippen LogP contribution in [0.15, 0.2) is 54.6 Å². The monoisotopic (exact) mass is 424 g/mol. The molecule has 0 radical (unpaired) electrons. The van der Waals surface area contributed by atoms with Gasteiger partial charge in [-0.1, -0.05) is 43.3 Å². The number of hydrogen-bond donors (Lipinski definition) is 2. The zero-order valence-corrected chi connectivity index (χ0v) is 19.0. The number of likely N-dealkylation sites (N-methyl/N-ethyl adjacent to an activating group) is 2. The topological polar surface area (TPSA) is 56.8 Å². The Bertz CT molecular complexity index is 814. The first-order valence-electron chi connectivity index (χ1n) is 11.3. The van der Waals surface area contributed by atoms with E-state index in [1.54, 1.807) is 0 Å². The van der Waals surface area contributed by atoms with Gasteiger partial charge >= 0.3 is 0 Å². The van der Waals surface area contributed by atoms with E-state index >= 15 is 0 Å². The average Bonchev–Trinajstić information content (AvgIpc) is 2.93. The van der Waals surface area contributed by atoms with Gasteiger partial charge in [-0.3, -0.25) is 9.69 Å². The molecule has 0 bridgehead atoms. The molecule has 2 aromatic carbocycles. The molecule has 0 saturated carbocycles. The van der Waals surface area contributed by atoms with Crippen LogP contribution >= 0.6 is 0 Å². The minimum Gasteiger partial charge on any atom is -0.486 e. The fourth-order valence-corrected chi connectivity index (χ4v) is 3.97. The molecule has 1 saturated heterocycles. The molecule has 0 spiro atoms. The van der Waals surface area contributed by atoms with Gasteiger partial charge in [0.15, 0.2) is 0 Å². The van der Waals surface area contributed by atoms with Crippen molar-refractivity contribution >= 4 is 11.6 Å². The van der Waals surface area contributed by atoms with Crippen molar-refractivity contribution in [3.05, 3.63) is 60.2 Å². The average molecular weight is 425 g/mol. The summed E-state index contributed by atoms with van der Waals surface area (Å²) in [5.74, 6) is 0.955. The zero-order valence-electron chi connectivity index (χ0n) is 19.0. The van der Waals surface area contributed by atoms with E-state index in [0.717, 1.165) is 49.6 Å². The van der Waals surface area contributed by atoms with Crippen LogP contribution in [0, 0.1) is 0 Å². The van der Waals surface area contributed by atoms with Gasteiger partial charge in [0.05, 0.1) is 0 Å². The van der Waals surface area contributed by atoms with Gasteiger partial charge in [-0.2, -0.15) is 0 Å². The largest absolute Gasteiger partial charge is 0.486 e. The highest BCUT2D eigenvalue weighted by Gasteiger charge is 2.27. The summed E-state index contributed by atoms with van der Waals surface area (Å²) in [5, 5.41) is 6.59. The number of nitrogens with zero attached hydrogens (tertiary/aromatic N) is 2. The number of hydrogen-bond acceptors (Lipinski definition) is 5. The molecule has 168 valence electrons. The molecule has 6 heteroatoms. The normalized spacial score (nSPS) is 18.6. The SMILES string of the molecule is CCNC[C@H]1CC(=O)N(c2cccc(OC(CCNC)c3ccccc3)c2)CCN1C. The Kier molecular flexibility index (Phi) is 8.88. The third-order valence-electron chi connectivity index (χ3n) is 5.88. The van der Waals surface area contributed by atoms with Gasteiger partial charge in [0.1, 0.15) is 11.9 Å². The molecule has 1 fully saturated rings. The molecule has 1 heterocycles. The van der Waals surface area contributed by atoms with Crippen LogP contribution in [-0.4, -0.2) is 63.7 Å². The first kappa shape index (κ1) is 23.3. The Hall–Kier alpha value is -2.41. The van der Waals surface area contributed by atoms with Gasteiger partial charge in [0.2, 0.25) is 5.91 Å². The van der Waals surface area contributed by atoms with Gasteiger partial charge in [-0.05, 0) is 44.9 Å². The van der Waals surface area contributed by atoms with Crippen molar-refractivity contribution in [1.29, 1.82) is 0 Å². The Morgan fingerprint density at radius 1 is 1.13 bits per heavy atom. The van der Waals surface area contributed by atoms with Gasteiger partial charge < -0.3 is 20.3 Å². The van der Waals surface area contributed by atoms with Crippen molar-refractivity contribution in [2.45, 2.75) is 31.9 Å². The molecule has 2 atom stereocenters. The maximum Gasteiger partial charge on any atom is 0.228 e. The van der Waals surface area contributed by atoms with Crippen molar-refractivity contribution in [1.82, 2.24) is 15.5 Å². The number of carbonyl (C=O) groups excluding carboxylic acids is 1. The van der Waals surface area contributed by atoms with E-state index in [4.69, 9.17) is 4.74 Å². The second-order valence-corrected chi connectivity index (χ2v) is 8.10. The number of anilines is 1. The third kappa shape index (κ3) is 6.53. The Balaban J connectivity index is 1.75. The minimum absolute atomic E-state index is 0.0423. The van der Waals surface area contributed by atoms with Crippen LogP contribution in [0.2, 0.25) is 0 Å². The summed E-state index contributed by atoms with van der Waals surface area (Å²) in [5.41, 5.74) is 2.06. The molecule has 1 unspecified atom stereocenters. The zero-order chi connectivity index (χ0) is 22.1. The Morgan fingerprint density at radius 2 is 1.94 bits per heavy atom. The second kappa shape index (κ2) is 11.8. The van der Waals surface area contributed by atoms with Gasteiger partial charge in [0, 0.05) is 50.3 Å². The maximum atomic E-state index is 13.1. The van der Waals surface area contributed by atoms with Crippen LogP contribution < -0.4 is 20.3 Å². The Morgan fingerprint density at radius 3 is 2.68 bits per heavy atom. The summed E-state index contributed by atoms with van der Waals surface area (Å²) in [6.07, 6.45) is 1.34. The molecule has 2 N–H and O–H groups in total. The van der Waals surface area contributed by atoms with E-state index in [2.05, 4.69) is 41.6 Å². The first-order chi connectivity index (χ1) is 15.1. The lowest BCUT2D eigenvalue weighted by Crippen LogP contribution is -2.40. The molecular formula is C25H36N4O2. The molecule has 6 nitrogen and oxygen atoms in total. The maximum absolute atomic E-state index is 13.1. The molecule has 0 aliphatic carbocycles. The summed E-state index contributed by atoms with van der Waals surface area (Å²) in [7, 11) is 4.05. The number of ether oxygens (including phenoxy) is 1. The molecule has 1 amide bonds. The first-order valence-corrected chi connectivity index (χ1v) is 11.3. The fourth-order valence-electron chi connectivity index (χ4n) is 3.97. The van der Waals surface area contributed by atoms with E-state index < -0.39 is 0 Å². The predicted octanol–water partition coefficient (Wildman–Crippen LogP) is 3.06. The summed E-state index contributed by atoms with van der Waals surface area (Å²) in [6.45, 7) is 6.24. The molecule has 1 aliphatic rings. The van der Waals surface area contributed by atoms with Crippen LogP contribution in [0.4, 0.5) is 5.69 Å². The molecule has 31 heavy (non-hydrogen) atoms. The van der Waals surface area contributed by atoms with E-state index in [1.807, 2.05) is 54.4 Å². The fraction of sp³-hybridized carbons (Fsp3) is 0.480. The number of amides is 1. The standard InChI is InChI=1S/C25H36N4O2/c1-4-27-19-22-18-25(30)29(16-15-28(22)3)21-11-8-12-23(17-21)31-24(13-14-26-2)20-9-6-5-7-10-20/h5-12,17,22,24,26-27H,4,13-16,18-19H2,1-3H3/t22-,24?/m1/s1. The lowest BCUT2D eigenvalue weighted by atomic mass is 10.1. The molecule has 2 aromatic rings. The van der Waals surface area contributed by atoms with Crippen molar-refractivity contribution < 1.29 is 9.53 Å². The molecule has 3 rings (SSSR count). The van der Waals surface area contributed by atoms with Crippen LogP contribution in [-0.2, 0) is 4.79 Å².